The van der Waals surface area contributed by atoms with Crippen molar-refractivity contribution in [1.29, 1.82) is 0 Å². The number of aromatic hydroxyl groups is 2. The summed E-state index contributed by atoms with van der Waals surface area (Å²) < 4.78 is 0. The Balaban J connectivity index is 1.96. The molecule has 5 heteroatoms. The summed E-state index contributed by atoms with van der Waals surface area (Å²) in [7, 11) is 0. The number of para-hydroxylation sites is 1. The number of nitrogens with one attached hydrogen (secondary N) is 1. The van der Waals surface area contributed by atoms with Crippen molar-refractivity contribution in [3.05, 3.63) is 23.8 Å². The van der Waals surface area contributed by atoms with Crippen LogP contribution in [0.1, 0.15) is 36.5 Å². The Morgan fingerprint density at radius 3 is 2.70 bits per heavy atom. The van der Waals surface area contributed by atoms with Crippen molar-refractivity contribution >= 4 is 5.91 Å². The summed E-state index contributed by atoms with van der Waals surface area (Å²) in [6.07, 6.45) is 2.95. The number of phenolic OH excluding ortho intramolecular Hbond substituents is 2. The molecule has 1 aliphatic heterocycles. The average Bonchev–Trinajstić information content (AvgIpc) is 2.48. The van der Waals surface area contributed by atoms with Crippen molar-refractivity contribution in [2.24, 2.45) is 0 Å². The van der Waals surface area contributed by atoms with E-state index in [4.69, 9.17) is 0 Å². The van der Waals surface area contributed by atoms with E-state index in [0.717, 1.165) is 25.8 Å². The molecule has 1 saturated heterocycles. The summed E-state index contributed by atoms with van der Waals surface area (Å²) in [4.78, 5) is 14.1. The number of benzene rings is 1. The third kappa shape index (κ3) is 3.22. The molecule has 1 aromatic carbocycles. The molecule has 1 fully saturated rings. The van der Waals surface area contributed by atoms with Gasteiger partial charge in [-0.25, -0.2) is 0 Å². The van der Waals surface area contributed by atoms with Gasteiger partial charge >= 0.3 is 0 Å². The van der Waals surface area contributed by atoms with Gasteiger partial charge in [0.2, 0.25) is 0 Å². The predicted molar refractivity (Wildman–Crippen MR) is 77.0 cm³/mol. The summed E-state index contributed by atoms with van der Waals surface area (Å²) in [6.45, 7) is 4.49. The maximum Gasteiger partial charge on any atom is 0.257 e. The fourth-order valence-corrected chi connectivity index (χ4v) is 2.51. The number of piperidine rings is 1. The lowest BCUT2D eigenvalue weighted by molar-refractivity contribution is 0.0701. The number of likely N-dealkylation sites (tertiary alicyclic amines) is 1. The molecule has 3 N–H and O–H groups in total. The first-order valence-electron chi connectivity index (χ1n) is 7.17. The van der Waals surface area contributed by atoms with Crippen LogP contribution < -0.4 is 5.32 Å². The molecule has 1 aliphatic rings. The molecule has 0 saturated carbocycles. The van der Waals surface area contributed by atoms with Gasteiger partial charge in [-0.3, -0.25) is 4.79 Å². The van der Waals surface area contributed by atoms with Crippen LogP contribution in [-0.2, 0) is 0 Å². The van der Waals surface area contributed by atoms with Gasteiger partial charge in [0.05, 0.1) is 5.56 Å². The molecule has 0 atom stereocenters. The Morgan fingerprint density at radius 1 is 1.35 bits per heavy atom. The third-order valence-electron chi connectivity index (χ3n) is 3.71. The second-order valence-corrected chi connectivity index (χ2v) is 5.19. The highest BCUT2D eigenvalue weighted by Gasteiger charge is 2.25. The monoisotopic (exact) mass is 278 g/mol. The molecule has 5 nitrogen and oxygen atoms in total. The van der Waals surface area contributed by atoms with Gasteiger partial charge in [0.15, 0.2) is 11.5 Å². The van der Waals surface area contributed by atoms with Crippen LogP contribution in [0.3, 0.4) is 0 Å². The molecular formula is C15H22N2O3. The summed E-state index contributed by atoms with van der Waals surface area (Å²) in [5.74, 6) is -0.800. The van der Waals surface area contributed by atoms with Gasteiger partial charge in [-0.2, -0.15) is 0 Å². The van der Waals surface area contributed by atoms with E-state index in [0.29, 0.717) is 19.1 Å². The van der Waals surface area contributed by atoms with Gasteiger partial charge in [-0.15, -0.1) is 0 Å². The molecule has 20 heavy (non-hydrogen) atoms. The number of hydrogen-bond acceptors (Lipinski definition) is 4. The molecule has 1 heterocycles. The minimum atomic E-state index is -0.330. The van der Waals surface area contributed by atoms with Crippen molar-refractivity contribution in [3.8, 4) is 11.5 Å². The van der Waals surface area contributed by atoms with E-state index in [2.05, 4.69) is 12.2 Å². The van der Waals surface area contributed by atoms with E-state index in [1.54, 1.807) is 17.0 Å². The van der Waals surface area contributed by atoms with Crippen LogP contribution in [0, 0.1) is 0 Å². The van der Waals surface area contributed by atoms with Gasteiger partial charge in [0.25, 0.3) is 5.91 Å². The lowest BCUT2D eigenvalue weighted by atomic mass is 10.0. The SMILES string of the molecule is CCCNC1CCN(C(=O)c2cccc(O)c2O)CC1. The van der Waals surface area contributed by atoms with Crippen LogP contribution in [0.2, 0.25) is 0 Å². The fraction of sp³-hybridized carbons (Fsp3) is 0.533. The van der Waals surface area contributed by atoms with E-state index in [1.165, 1.54) is 6.07 Å². The van der Waals surface area contributed by atoms with Gasteiger partial charge in [0.1, 0.15) is 0 Å². The van der Waals surface area contributed by atoms with Gasteiger partial charge in [-0.05, 0) is 37.9 Å². The van der Waals surface area contributed by atoms with E-state index in [9.17, 15) is 15.0 Å². The topological polar surface area (TPSA) is 72.8 Å². The smallest absolute Gasteiger partial charge is 0.257 e. The van der Waals surface area contributed by atoms with Crippen LogP contribution in [0.4, 0.5) is 0 Å². The summed E-state index contributed by atoms with van der Waals surface area (Å²) in [6, 6.07) is 4.95. The maximum atomic E-state index is 12.3. The molecule has 0 radical (unpaired) electrons. The first kappa shape index (κ1) is 14.7. The molecule has 0 spiro atoms. The first-order valence-corrected chi connectivity index (χ1v) is 7.17. The van der Waals surface area contributed by atoms with Crippen LogP contribution in [0.15, 0.2) is 18.2 Å². The van der Waals surface area contributed by atoms with E-state index >= 15 is 0 Å². The number of rotatable bonds is 4. The van der Waals surface area contributed by atoms with Gasteiger partial charge in [-0.1, -0.05) is 13.0 Å². The predicted octanol–water partition coefficient (Wildman–Crippen LogP) is 1.70. The number of carbonyl (C=O) groups excluding carboxylic acids is 1. The standard InChI is InChI=1S/C15H22N2O3/c1-2-8-16-11-6-9-17(10-7-11)15(20)12-4-3-5-13(18)14(12)19/h3-5,11,16,18-19H,2,6-10H2,1H3. The zero-order chi connectivity index (χ0) is 14.5. The zero-order valence-electron chi connectivity index (χ0n) is 11.8. The minimum Gasteiger partial charge on any atom is -0.504 e. The Morgan fingerprint density at radius 2 is 2.05 bits per heavy atom. The summed E-state index contributed by atoms with van der Waals surface area (Å²) >= 11 is 0. The molecule has 0 aliphatic carbocycles. The van der Waals surface area contributed by atoms with Crippen LogP contribution in [0.25, 0.3) is 0 Å². The quantitative estimate of drug-likeness (QED) is 0.733. The maximum absolute atomic E-state index is 12.3. The highest BCUT2D eigenvalue weighted by atomic mass is 16.3. The van der Waals surface area contributed by atoms with Crippen molar-refractivity contribution < 1.29 is 15.0 Å². The molecule has 0 bridgehead atoms. The number of carbonyl (C=O) groups is 1. The highest BCUT2D eigenvalue weighted by molar-refractivity contribution is 5.97. The van der Waals surface area contributed by atoms with Crippen LogP contribution >= 0.6 is 0 Å². The van der Waals surface area contributed by atoms with Crippen molar-refractivity contribution in [1.82, 2.24) is 10.2 Å². The molecule has 110 valence electrons. The Kier molecular flexibility index (Phi) is 4.84. The molecule has 2 rings (SSSR count). The second-order valence-electron chi connectivity index (χ2n) is 5.19. The number of hydrogen-bond donors (Lipinski definition) is 3. The molecule has 0 aromatic heterocycles. The van der Waals surface area contributed by atoms with E-state index in [1.807, 2.05) is 0 Å². The molecule has 1 aromatic rings. The van der Waals surface area contributed by atoms with Gasteiger partial charge < -0.3 is 20.4 Å². The number of amides is 1. The second kappa shape index (κ2) is 6.61. The van der Waals surface area contributed by atoms with Crippen LogP contribution in [0.5, 0.6) is 11.5 Å². The Hall–Kier alpha value is -1.75. The largest absolute Gasteiger partial charge is 0.504 e. The van der Waals surface area contributed by atoms with Crippen molar-refractivity contribution in [2.45, 2.75) is 32.2 Å². The Labute approximate surface area is 119 Å². The van der Waals surface area contributed by atoms with E-state index < -0.39 is 0 Å². The first-order chi connectivity index (χ1) is 9.63. The van der Waals surface area contributed by atoms with Crippen LogP contribution in [-0.4, -0.2) is 46.7 Å². The highest BCUT2D eigenvalue weighted by Crippen LogP contribution is 2.29. The summed E-state index contributed by atoms with van der Waals surface area (Å²) in [5, 5.41) is 22.7. The third-order valence-corrected chi connectivity index (χ3v) is 3.71. The molecule has 1 amide bonds. The lowest BCUT2D eigenvalue weighted by Gasteiger charge is -2.32. The molecule has 0 unspecified atom stereocenters. The van der Waals surface area contributed by atoms with Crippen molar-refractivity contribution in [2.75, 3.05) is 19.6 Å². The number of nitrogens with zero attached hydrogens (tertiary/aromatic N) is 1. The fourth-order valence-electron chi connectivity index (χ4n) is 2.51. The number of phenols is 2. The van der Waals surface area contributed by atoms with E-state index in [-0.39, 0.29) is 23.0 Å². The summed E-state index contributed by atoms with van der Waals surface area (Å²) in [5.41, 5.74) is 0.171. The zero-order valence-corrected chi connectivity index (χ0v) is 11.8. The van der Waals surface area contributed by atoms with Crippen molar-refractivity contribution in [3.63, 3.8) is 0 Å². The average molecular weight is 278 g/mol. The molecular weight excluding hydrogens is 256 g/mol. The van der Waals surface area contributed by atoms with Gasteiger partial charge in [0, 0.05) is 19.1 Å². The minimum absolute atomic E-state index is 0.171. The Bertz CT molecular complexity index is 468. The lowest BCUT2D eigenvalue weighted by Crippen LogP contribution is -2.45. The normalized spacial score (nSPS) is 16.4.